The van der Waals surface area contributed by atoms with Crippen molar-refractivity contribution in [2.75, 3.05) is 11.9 Å². The number of carbonyl (C=O) groups is 2. The first-order chi connectivity index (χ1) is 11.8. The summed E-state index contributed by atoms with van der Waals surface area (Å²) in [7, 11) is 0. The van der Waals surface area contributed by atoms with Gasteiger partial charge in [-0.25, -0.2) is 4.79 Å². The lowest BCUT2D eigenvalue weighted by molar-refractivity contribution is -0.385. The molecule has 0 aromatic heterocycles. The molecule has 2 aromatic carbocycles. The van der Waals surface area contributed by atoms with Crippen molar-refractivity contribution in [3.05, 3.63) is 67.7 Å². The second kappa shape index (κ2) is 7.96. The Bertz CT molecular complexity index is 834. The van der Waals surface area contributed by atoms with Crippen LogP contribution < -0.4 is 5.32 Å². The average molecular weight is 383 g/mol. The fourth-order valence-electron chi connectivity index (χ4n) is 2.02. The normalized spacial score (nSPS) is 10.2. The molecular formula is C16H12Cl2N2O5. The molecule has 1 amide bonds. The Kier molecular flexibility index (Phi) is 5.95. The molecule has 7 nitrogen and oxygen atoms in total. The predicted octanol–water partition coefficient (Wildman–Crippen LogP) is 4.01. The quantitative estimate of drug-likeness (QED) is 0.478. The first-order valence-electron chi connectivity index (χ1n) is 6.94. The summed E-state index contributed by atoms with van der Waals surface area (Å²) in [6, 6.07) is 8.30. The Morgan fingerprint density at radius 3 is 2.36 bits per heavy atom. The minimum atomic E-state index is -0.766. The van der Waals surface area contributed by atoms with Gasteiger partial charge in [-0.2, -0.15) is 0 Å². The smallest absolute Gasteiger partial charge is 0.338 e. The molecule has 2 aromatic rings. The molecule has 0 radical (unpaired) electrons. The lowest BCUT2D eigenvalue weighted by Crippen LogP contribution is -2.21. The highest BCUT2D eigenvalue weighted by molar-refractivity contribution is 6.35. The maximum absolute atomic E-state index is 11.9. The number of aryl methyl sites for hydroxylation is 1. The van der Waals surface area contributed by atoms with E-state index >= 15 is 0 Å². The summed E-state index contributed by atoms with van der Waals surface area (Å²) in [5.41, 5.74) is 0.691. The van der Waals surface area contributed by atoms with E-state index in [0.717, 1.165) is 0 Å². The number of halogens is 2. The van der Waals surface area contributed by atoms with Crippen molar-refractivity contribution in [1.82, 2.24) is 0 Å². The summed E-state index contributed by atoms with van der Waals surface area (Å²) >= 11 is 11.6. The van der Waals surface area contributed by atoms with Crippen molar-refractivity contribution >= 4 is 46.5 Å². The van der Waals surface area contributed by atoms with Gasteiger partial charge in [0.05, 0.1) is 10.5 Å². The Hall–Kier alpha value is -2.64. The molecule has 0 aliphatic carbocycles. The molecule has 0 bridgehead atoms. The lowest BCUT2D eigenvalue weighted by atomic mass is 10.1. The van der Waals surface area contributed by atoms with Gasteiger partial charge in [-0.15, -0.1) is 0 Å². The molecule has 25 heavy (non-hydrogen) atoms. The Balaban J connectivity index is 1.96. The van der Waals surface area contributed by atoms with Crippen LogP contribution in [0, 0.1) is 17.0 Å². The van der Waals surface area contributed by atoms with Crippen LogP contribution in [0.2, 0.25) is 10.0 Å². The number of amides is 1. The third kappa shape index (κ3) is 5.17. The maximum atomic E-state index is 11.9. The monoisotopic (exact) mass is 382 g/mol. The van der Waals surface area contributed by atoms with E-state index in [-0.39, 0.29) is 11.3 Å². The van der Waals surface area contributed by atoms with Crippen LogP contribution in [0.5, 0.6) is 0 Å². The van der Waals surface area contributed by atoms with Crippen LogP contribution in [0.25, 0.3) is 0 Å². The summed E-state index contributed by atoms with van der Waals surface area (Å²) in [6.45, 7) is 0.976. The van der Waals surface area contributed by atoms with E-state index in [2.05, 4.69) is 5.32 Å². The zero-order valence-electron chi connectivity index (χ0n) is 12.9. The number of nitrogens with zero attached hydrogens (tertiary/aromatic N) is 1. The molecule has 1 N–H and O–H groups in total. The van der Waals surface area contributed by atoms with E-state index in [1.165, 1.54) is 43.3 Å². The second-order valence-electron chi connectivity index (χ2n) is 5.04. The van der Waals surface area contributed by atoms with Gasteiger partial charge < -0.3 is 10.1 Å². The van der Waals surface area contributed by atoms with Gasteiger partial charge in [0.25, 0.3) is 11.6 Å². The standard InChI is InChI=1S/C16H12Cl2N2O5/c1-9-4-10(2-3-14(9)20(23)24)16(22)25-8-15(21)19-13-6-11(17)5-12(18)7-13/h2-7H,8H2,1H3,(H,19,21). The summed E-state index contributed by atoms with van der Waals surface area (Å²) < 4.78 is 4.89. The molecule has 9 heteroatoms. The number of nitro groups is 1. The van der Waals surface area contributed by atoms with E-state index in [4.69, 9.17) is 27.9 Å². The first kappa shape index (κ1) is 18.7. The highest BCUT2D eigenvalue weighted by Crippen LogP contribution is 2.22. The molecule has 0 aliphatic rings. The zero-order chi connectivity index (χ0) is 18.6. The number of ether oxygens (including phenoxy) is 1. The average Bonchev–Trinajstić information content (AvgIpc) is 2.51. The first-order valence-corrected chi connectivity index (χ1v) is 7.70. The SMILES string of the molecule is Cc1cc(C(=O)OCC(=O)Nc2cc(Cl)cc(Cl)c2)ccc1[N+](=O)[O-]. The van der Waals surface area contributed by atoms with E-state index in [1.54, 1.807) is 0 Å². The number of hydrogen-bond acceptors (Lipinski definition) is 5. The number of benzene rings is 2. The fourth-order valence-corrected chi connectivity index (χ4v) is 2.55. The van der Waals surface area contributed by atoms with Crippen molar-refractivity contribution < 1.29 is 19.2 Å². The van der Waals surface area contributed by atoms with Gasteiger partial charge in [0.15, 0.2) is 6.61 Å². The van der Waals surface area contributed by atoms with Crippen molar-refractivity contribution in [2.45, 2.75) is 6.92 Å². The van der Waals surface area contributed by atoms with Gasteiger partial charge in [0.1, 0.15) is 0 Å². The van der Waals surface area contributed by atoms with Crippen molar-refractivity contribution in [3.63, 3.8) is 0 Å². The topological polar surface area (TPSA) is 98.5 Å². The lowest BCUT2D eigenvalue weighted by Gasteiger charge is -2.08. The van der Waals surface area contributed by atoms with Gasteiger partial charge >= 0.3 is 5.97 Å². The number of hydrogen-bond donors (Lipinski definition) is 1. The number of esters is 1. The summed E-state index contributed by atoms with van der Waals surface area (Å²) in [6.07, 6.45) is 0. The van der Waals surface area contributed by atoms with Gasteiger partial charge in [-0.05, 0) is 37.3 Å². The molecule has 2 rings (SSSR count). The Morgan fingerprint density at radius 2 is 1.80 bits per heavy atom. The van der Waals surface area contributed by atoms with Gasteiger partial charge in [0.2, 0.25) is 0 Å². The molecule has 0 fully saturated rings. The Morgan fingerprint density at radius 1 is 1.16 bits per heavy atom. The molecule has 0 spiro atoms. The molecule has 0 aliphatic heterocycles. The van der Waals surface area contributed by atoms with E-state index < -0.39 is 23.4 Å². The van der Waals surface area contributed by atoms with E-state index in [9.17, 15) is 19.7 Å². The van der Waals surface area contributed by atoms with Gasteiger partial charge in [-0.1, -0.05) is 23.2 Å². The minimum absolute atomic E-state index is 0.105. The minimum Gasteiger partial charge on any atom is -0.452 e. The van der Waals surface area contributed by atoms with Crippen molar-refractivity contribution in [3.8, 4) is 0 Å². The molecule has 0 unspecified atom stereocenters. The van der Waals surface area contributed by atoms with Crippen molar-refractivity contribution in [2.24, 2.45) is 0 Å². The number of nitro benzene ring substituents is 1. The summed E-state index contributed by atoms with van der Waals surface area (Å²) in [5, 5.41) is 13.9. The van der Waals surface area contributed by atoms with Crippen LogP contribution in [0.1, 0.15) is 15.9 Å². The number of carbonyl (C=O) groups excluding carboxylic acids is 2. The molecule has 0 heterocycles. The third-order valence-electron chi connectivity index (χ3n) is 3.11. The molecule has 0 saturated heterocycles. The van der Waals surface area contributed by atoms with Crippen LogP contribution in [-0.4, -0.2) is 23.4 Å². The summed E-state index contributed by atoms with van der Waals surface area (Å²) in [4.78, 5) is 34.0. The second-order valence-corrected chi connectivity index (χ2v) is 5.91. The van der Waals surface area contributed by atoms with Crippen LogP contribution in [0.15, 0.2) is 36.4 Å². The maximum Gasteiger partial charge on any atom is 0.338 e. The van der Waals surface area contributed by atoms with Crippen LogP contribution in [0.4, 0.5) is 11.4 Å². The van der Waals surface area contributed by atoms with Crippen LogP contribution in [0.3, 0.4) is 0 Å². The molecular weight excluding hydrogens is 371 g/mol. The zero-order valence-corrected chi connectivity index (χ0v) is 14.4. The number of rotatable bonds is 5. The molecule has 0 saturated carbocycles. The van der Waals surface area contributed by atoms with E-state index in [0.29, 0.717) is 21.3 Å². The van der Waals surface area contributed by atoms with E-state index in [1.807, 2.05) is 0 Å². The molecule has 0 atom stereocenters. The fraction of sp³-hybridized carbons (Fsp3) is 0.125. The number of nitrogens with one attached hydrogen (secondary N) is 1. The highest BCUT2D eigenvalue weighted by atomic mass is 35.5. The van der Waals surface area contributed by atoms with Crippen LogP contribution >= 0.6 is 23.2 Å². The summed E-state index contributed by atoms with van der Waals surface area (Å²) in [5.74, 6) is -1.34. The predicted molar refractivity (Wildman–Crippen MR) is 93.2 cm³/mol. The van der Waals surface area contributed by atoms with Crippen LogP contribution in [-0.2, 0) is 9.53 Å². The number of anilines is 1. The third-order valence-corrected chi connectivity index (χ3v) is 3.55. The highest BCUT2D eigenvalue weighted by Gasteiger charge is 2.16. The Labute approximate surface area is 152 Å². The largest absolute Gasteiger partial charge is 0.452 e. The van der Waals surface area contributed by atoms with Gasteiger partial charge in [0, 0.05) is 27.4 Å². The van der Waals surface area contributed by atoms with Crippen molar-refractivity contribution in [1.29, 1.82) is 0 Å². The molecule has 130 valence electrons. The van der Waals surface area contributed by atoms with Gasteiger partial charge in [-0.3, -0.25) is 14.9 Å².